The summed E-state index contributed by atoms with van der Waals surface area (Å²) in [6.45, 7) is 4.78. The van der Waals surface area contributed by atoms with E-state index < -0.39 is 34.7 Å². The summed E-state index contributed by atoms with van der Waals surface area (Å²) in [4.78, 5) is 34.8. The Balaban J connectivity index is 3.47. The Morgan fingerprint density at radius 2 is 1.89 bits per heavy atom. The summed E-state index contributed by atoms with van der Waals surface area (Å²) in [6.07, 6.45) is 1.42. The first kappa shape index (κ1) is 15.4. The quantitative estimate of drug-likeness (QED) is 0.638. The number of carbonyl (C=O) groups is 3. The molecule has 0 amide bonds. The number of carboxylic acids is 2. The zero-order chi connectivity index (χ0) is 14.8. The smallest absolute Gasteiger partial charge is 0.337 e. The van der Waals surface area contributed by atoms with Crippen molar-refractivity contribution in [3.05, 3.63) is 12.7 Å². The van der Waals surface area contributed by atoms with Crippen LogP contribution in [0.25, 0.3) is 0 Å². The summed E-state index contributed by atoms with van der Waals surface area (Å²) in [5, 5.41) is 29.3. The van der Waals surface area contributed by atoms with Crippen LogP contribution in [-0.2, 0) is 14.4 Å². The van der Waals surface area contributed by atoms with Crippen LogP contribution >= 0.6 is 0 Å². The second kappa shape index (κ2) is 5.13. The van der Waals surface area contributed by atoms with Gasteiger partial charge in [0.25, 0.3) is 0 Å². The van der Waals surface area contributed by atoms with Crippen LogP contribution in [0.4, 0.5) is 0 Å². The van der Waals surface area contributed by atoms with Gasteiger partial charge in [-0.2, -0.15) is 0 Å². The van der Waals surface area contributed by atoms with Gasteiger partial charge in [-0.3, -0.25) is 9.59 Å². The summed E-state index contributed by atoms with van der Waals surface area (Å²) in [5.41, 5.74) is -4.45. The molecule has 0 aromatic carbocycles. The van der Waals surface area contributed by atoms with Gasteiger partial charge in [-0.1, -0.05) is 19.9 Å². The molecule has 6 nitrogen and oxygen atoms in total. The normalized spacial score (nSPS) is 34.5. The Kier molecular flexibility index (Phi) is 4.15. The monoisotopic (exact) mass is 270 g/mol. The highest BCUT2D eigenvalue weighted by Gasteiger charge is 2.66. The van der Waals surface area contributed by atoms with E-state index in [1.165, 1.54) is 6.92 Å². The highest BCUT2D eigenvalue weighted by Crippen LogP contribution is 2.50. The van der Waals surface area contributed by atoms with E-state index >= 15 is 0 Å². The van der Waals surface area contributed by atoms with E-state index in [2.05, 4.69) is 6.58 Å². The minimum atomic E-state index is -2.60. The number of allylic oxidation sites excluding steroid dienone is 1. The molecule has 0 spiro atoms. The molecule has 0 saturated heterocycles. The summed E-state index contributed by atoms with van der Waals surface area (Å²) in [5.74, 6) is -4.96. The topological polar surface area (TPSA) is 112 Å². The van der Waals surface area contributed by atoms with Gasteiger partial charge in [0.1, 0.15) is 5.41 Å². The molecule has 1 aliphatic carbocycles. The predicted octanol–water partition coefficient (Wildman–Crippen LogP) is 0.838. The van der Waals surface area contributed by atoms with Crippen molar-refractivity contribution in [1.82, 2.24) is 0 Å². The Labute approximate surface area is 110 Å². The van der Waals surface area contributed by atoms with Gasteiger partial charge in [0.15, 0.2) is 11.4 Å². The maximum atomic E-state index is 11.8. The van der Waals surface area contributed by atoms with E-state index in [0.29, 0.717) is 6.42 Å². The summed E-state index contributed by atoms with van der Waals surface area (Å²) < 4.78 is 0. The lowest BCUT2D eigenvalue weighted by molar-refractivity contribution is -0.208. The van der Waals surface area contributed by atoms with E-state index in [1.54, 1.807) is 0 Å². The lowest BCUT2D eigenvalue weighted by atomic mass is 9.56. The van der Waals surface area contributed by atoms with Gasteiger partial charge >= 0.3 is 11.9 Å². The van der Waals surface area contributed by atoms with Crippen LogP contribution in [0.15, 0.2) is 12.7 Å². The molecule has 3 unspecified atom stereocenters. The molecule has 19 heavy (non-hydrogen) atoms. The lowest BCUT2D eigenvalue weighted by Gasteiger charge is -2.48. The predicted molar refractivity (Wildman–Crippen MR) is 65.5 cm³/mol. The number of carboxylic acid groups (broad SMARTS) is 2. The number of hydrogen-bond donors (Lipinski definition) is 3. The molecule has 6 heteroatoms. The van der Waals surface area contributed by atoms with Gasteiger partial charge < -0.3 is 15.3 Å². The van der Waals surface area contributed by atoms with Crippen molar-refractivity contribution in [2.45, 2.75) is 38.2 Å². The van der Waals surface area contributed by atoms with Crippen molar-refractivity contribution in [3.8, 4) is 0 Å². The molecule has 1 rings (SSSR count). The molecule has 1 fully saturated rings. The van der Waals surface area contributed by atoms with Crippen LogP contribution < -0.4 is 0 Å². The first-order valence-corrected chi connectivity index (χ1v) is 6.13. The third-order valence-corrected chi connectivity index (χ3v) is 4.21. The third-order valence-electron chi connectivity index (χ3n) is 4.21. The minimum absolute atomic E-state index is 0.0303. The molecule has 0 aliphatic heterocycles. The molecule has 0 aromatic rings. The summed E-state index contributed by atoms with van der Waals surface area (Å²) in [7, 11) is 0. The van der Waals surface area contributed by atoms with E-state index in [9.17, 15) is 29.7 Å². The van der Waals surface area contributed by atoms with Gasteiger partial charge in [0.2, 0.25) is 0 Å². The number of aliphatic hydroxyl groups is 1. The van der Waals surface area contributed by atoms with E-state index in [0.717, 1.165) is 6.08 Å². The molecule has 106 valence electrons. The summed E-state index contributed by atoms with van der Waals surface area (Å²) >= 11 is 0. The fourth-order valence-electron chi connectivity index (χ4n) is 3.05. The molecule has 3 atom stereocenters. The molecule has 1 saturated carbocycles. The molecule has 3 N–H and O–H groups in total. The maximum absolute atomic E-state index is 11.8. The highest BCUT2D eigenvalue weighted by molar-refractivity contribution is 6.00. The zero-order valence-corrected chi connectivity index (χ0v) is 10.8. The first-order valence-electron chi connectivity index (χ1n) is 6.13. The highest BCUT2D eigenvalue weighted by atomic mass is 16.4. The van der Waals surface area contributed by atoms with Crippen molar-refractivity contribution in [3.63, 3.8) is 0 Å². The molecule has 0 heterocycles. The minimum Gasteiger partial charge on any atom is -0.481 e. The van der Waals surface area contributed by atoms with Crippen molar-refractivity contribution < 1.29 is 29.7 Å². The van der Waals surface area contributed by atoms with Crippen LogP contribution in [0.2, 0.25) is 0 Å². The fraction of sp³-hybridized carbons (Fsp3) is 0.615. The third kappa shape index (κ3) is 1.96. The Morgan fingerprint density at radius 3 is 2.26 bits per heavy atom. The second-order valence-corrected chi connectivity index (χ2v) is 4.86. The fourth-order valence-corrected chi connectivity index (χ4v) is 3.05. The first-order chi connectivity index (χ1) is 8.77. The lowest BCUT2D eigenvalue weighted by Crippen LogP contribution is -2.65. The standard InChI is InChI=1S/C13H18O6/c1-3-9(14)8-6-5-7-12(4-2,10(15)16)13(8,19)11(17)18/h3,8,19H,1,4-7H2,2H3,(H,15,16)(H,17,18). The molecule has 0 aromatic heterocycles. The van der Waals surface area contributed by atoms with Gasteiger partial charge in [-0.25, -0.2) is 4.79 Å². The van der Waals surface area contributed by atoms with Crippen molar-refractivity contribution in [1.29, 1.82) is 0 Å². The summed E-state index contributed by atoms with van der Waals surface area (Å²) in [6, 6.07) is 0. The van der Waals surface area contributed by atoms with Crippen LogP contribution in [-0.4, -0.2) is 38.6 Å². The number of carbonyl (C=O) groups excluding carboxylic acids is 1. The van der Waals surface area contributed by atoms with E-state index in [4.69, 9.17) is 0 Å². The van der Waals surface area contributed by atoms with Gasteiger partial charge in [0.05, 0.1) is 5.92 Å². The number of rotatable bonds is 5. The average Bonchev–Trinajstić information content (AvgIpc) is 2.37. The van der Waals surface area contributed by atoms with Crippen LogP contribution in [0.1, 0.15) is 32.6 Å². The number of aliphatic carboxylic acids is 2. The second-order valence-electron chi connectivity index (χ2n) is 4.86. The van der Waals surface area contributed by atoms with Crippen molar-refractivity contribution >= 4 is 17.7 Å². The van der Waals surface area contributed by atoms with E-state index in [1.807, 2.05) is 0 Å². The van der Waals surface area contributed by atoms with Gasteiger partial charge in [-0.05, 0) is 25.3 Å². The van der Waals surface area contributed by atoms with Gasteiger partial charge in [-0.15, -0.1) is 0 Å². The Hall–Kier alpha value is -1.69. The van der Waals surface area contributed by atoms with Crippen LogP contribution in [0.5, 0.6) is 0 Å². The van der Waals surface area contributed by atoms with Crippen molar-refractivity contribution in [2.75, 3.05) is 0 Å². The van der Waals surface area contributed by atoms with Crippen LogP contribution in [0, 0.1) is 11.3 Å². The number of ketones is 1. The molecule has 0 bridgehead atoms. The molecular weight excluding hydrogens is 252 g/mol. The SMILES string of the molecule is C=CC(=O)C1CCCC(CC)(C(=O)O)C1(O)C(=O)O. The van der Waals surface area contributed by atoms with Crippen molar-refractivity contribution in [2.24, 2.45) is 11.3 Å². The average molecular weight is 270 g/mol. The molecule has 0 radical (unpaired) electrons. The van der Waals surface area contributed by atoms with Crippen LogP contribution in [0.3, 0.4) is 0 Å². The Morgan fingerprint density at radius 1 is 1.32 bits per heavy atom. The molecular formula is C13H18O6. The van der Waals surface area contributed by atoms with Gasteiger partial charge in [0, 0.05) is 0 Å². The number of hydrogen-bond acceptors (Lipinski definition) is 4. The Bertz CT molecular complexity index is 429. The zero-order valence-electron chi connectivity index (χ0n) is 10.8. The maximum Gasteiger partial charge on any atom is 0.337 e. The largest absolute Gasteiger partial charge is 0.481 e. The molecule has 1 aliphatic rings. The van der Waals surface area contributed by atoms with E-state index in [-0.39, 0.29) is 19.3 Å².